The van der Waals surface area contributed by atoms with Crippen LogP contribution in [0.4, 0.5) is 0 Å². The number of pyridine rings is 1. The minimum atomic E-state index is -1.05. The van der Waals surface area contributed by atoms with Crippen LogP contribution in [0.3, 0.4) is 0 Å². The number of nitrogens with zero attached hydrogens (tertiary/aromatic N) is 1. The Balaban J connectivity index is 3.01. The largest absolute Gasteiger partial charge is 0.478 e. The Kier molecular flexibility index (Phi) is 3.30. The lowest BCUT2D eigenvalue weighted by atomic mass is 10.3. The molecule has 0 atom stereocenters. The van der Waals surface area contributed by atoms with Crippen LogP contribution >= 0.6 is 11.6 Å². The highest BCUT2D eigenvalue weighted by Crippen LogP contribution is 2.17. The van der Waals surface area contributed by atoms with Gasteiger partial charge in [-0.05, 0) is 19.9 Å². The summed E-state index contributed by atoms with van der Waals surface area (Å²) in [5.41, 5.74) is 0.0700. The van der Waals surface area contributed by atoms with Crippen molar-refractivity contribution in [1.82, 2.24) is 4.98 Å². The lowest BCUT2D eigenvalue weighted by Gasteiger charge is -2.08. The van der Waals surface area contributed by atoms with Gasteiger partial charge in [-0.3, -0.25) is 0 Å². The van der Waals surface area contributed by atoms with E-state index in [0.717, 1.165) is 0 Å². The molecule has 1 N–H and O–H groups in total. The number of aromatic nitrogens is 1. The van der Waals surface area contributed by atoms with E-state index in [2.05, 4.69) is 4.98 Å². The van der Waals surface area contributed by atoms with Crippen molar-refractivity contribution in [1.29, 1.82) is 0 Å². The number of rotatable bonds is 3. The van der Waals surface area contributed by atoms with Crippen molar-refractivity contribution in [2.24, 2.45) is 0 Å². The van der Waals surface area contributed by atoms with Crippen molar-refractivity contribution in [2.75, 3.05) is 0 Å². The number of halogens is 1. The Labute approximate surface area is 86.5 Å². The second-order valence-corrected chi connectivity index (χ2v) is 3.38. The molecule has 1 rings (SSSR count). The monoisotopic (exact) mass is 215 g/mol. The quantitative estimate of drug-likeness (QED) is 0.786. The molecular formula is C9H10ClNO3. The van der Waals surface area contributed by atoms with E-state index in [0.29, 0.717) is 0 Å². The van der Waals surface area contributed by atoms with Crippen molar-refractivity contribution in [3.05, 3.63) is 22.8 Å². The van der Waals surface area contributed by atoms with Crippen LogP contribution in [-0.2, 0) is 0 Å². The smallest absolute Gasteiger partial charge is 0.335 e. The zero-order valence-electron chi connectivity index (χ0n) is 7.82. The molecule has 0 saturated carbocycles. The minimum absolute atomic E-state index is 0.0670. The van der Waals surface area contributed by atoms with Crippen molar-refractivity contribution >= 4 is 17.6 Å². The molecule has 5 heteroatoms. The van der Waals surface area contributed by atoms with Gasteiger partial charge in [-0.25, -0.2) is 9.78 Å². The third-order valence-corrected chi connectivity index (χ3v) is 1.57. The predicted octanol–water partition coefficient (Wildman–Crippen LogP) is 2.22. The van der Waals surface area contributed by atoms with E-state index in [1.807, 2.05) is 13.8 Å². The Morgan fingerprint density at radius 1 is 1.57 bits per heavy atom. The molecule has 4 nitrogen and oxygen atoms in total. The van der Waals surface area contributed by atoms with E-state index in [-0.39, 0.29) is 22.7 Å². The van der Waals surface area contributed by atoms with Gasteiger partial charge in [0.2, 0.25) is 5.88 Å². The van der Waals surface area contributed by atoms with Gasteiger partial charge in [-0.1, -0.05) is 11.6 Å². The molecule has 0 aromatic carbocycles. The van der Waals surface area contributed by atoms with E-state index >= 15 is 0 Å². The van der Waals surface area contributed by atoms with Gasteiger partial charge in [-0.15, -0.1) is 0 Å². The highest BCUT2D eigenvalue weighted by Gasteiger charge is 2.08. The number of carboxylic acids is 1. The third kappa shape index (κ3) is 2.88. The topological polar surface area (TPSA) is 59.4 Å². The molecule has 0 radical (unpaired) electrons. The summed E-state index contributed by atoms with van der Waals surface area (Å²) in [5, 5.41) is 8.84. The van der Waals surface area contributed by atoms with E-state index in [1.54, 1.807) is 0 Å². The van der Waals surface area contributed by atoms with Crippen LogP contribution in [0, 0.1) is 0 Å². The Hall–Kier alpha value is -1.29. The minimum Gasteiger partial charge on any atom is -0.478 e. The maximum absolute atomic E-state index is 10.6. The first kappa shape index (κ1) is 10.8. The molecule has 0 spiro atoms. The van der Waals surface area contributed by atoms with Gasteiger partial charge in [0.1, 0.15) is 5.15 Å². The van der Waals surface area contributed by atoms with Gasteiger partial charge in [0.25, 0.3) is 0 Å². The van der Waals surface area contributed by atoms with Crippen LogP contribution in [0.1, 0.15) is 24.2 Å². The molecule has 0 aliphatic heterocycles. The lowest BCUT2D eigenvalue weighted by molar-refractivity contribution is 0.0695. The van der Waals surface area contributed by atoms with E-state index < -0.39 is 5.97 Å². The zero-order chi connectivity index (χ0) is 10.7. The summed E-state index contributed by atoms with van der Waals surface area (Å²) in [6, 6.07) is 2.62. The average Bonchev–Trinajstić information content (AvgIpc) is 2.01. The van der Waals surface area contributed by atoms with Gasteiger partial charge in [0, 0.05) is 6.07 Å². The Morgan fingerprint density at radius 2 is 2.21 bits per heavy atom. The molecule has 0 aliphatic rings. The number of carboxylic acid groups (broad SMARTS) is 1. The van der Waals surface area contributed by atoms with Crippen molar-refractivity contribution < 1.29 is 14.6 Å². The summed E-state index contributed by atoms with van der Waals surface area (Å²) >= 11 is 5.62. The van der Waals surface area contributed by atoms with Crippen LogP contribution in [0.25, 0.3) is 0 Å². The standard InChI is InChI=1S/C9H10ClNO3/c1-5(2)14-8-4-6(9(12)13)3-7(10)11-8/h3-5H,1-2H3,(H,12,13). The molecule has 1 aromatic heterocycles. The number of hydrogen-bond acceptors (Lipinski definition) is 3. The average molecular weight is 216 g/mol. The van der Waals surface area contributed by atoms with Crippen LogP contribution in [0.5, 0.6) is 5.88 Å². The lowest BCUT2D eigenvalue weighted by Crippen LogP contribution is -2.08. The third-order valence-electron chi connectivity index (χ3n) is 1.37. The number of ether oxygens (including phenoxy) is 1. The first-order valence-corrected chi connectivity index (χ1v) is 4.44. The highest BCUT2D eigenvalue weighted by molar-refractivity contribution is 6.29. The van der Waals surface area contributed by atoms with E-state index in [9.17, 15) is 4.79 Å². The van der Waals surface area contributed by atoms with Gasteiger partial charge >= 0.3 is 5.97 Å². The Bertz CT molecular complexity index is 352. The second kappa shape index (κ2) is 4.28. The number of hydrogen-bond donors (Lipinski definition) is 1. The normalized spacial score (nSPS) is 10.3. The van der Waals surface area contributed by atoms with E-state index in [4.69, 9.17) is 21.4 Å². The van der Waals surface area contributed by atoms with Gasteiger partial charge in [0.15, 0.2) is 0 Å². The van der Waals surface area contributed by atoms with Crippen molar-refractivity contribution in [3.8, 4) is 5.88 Å². The van der Waals surface area contributed by atoms with Crippen molar-refractivity contribution in [3.63, 3.8) is 0 Å². The highest BCUT2D eigenvalue weighted by atomic mass is 35.5. The maximum atomic E-state index is 10.6. The molecule has 0 aliphatic carbocycles. The molecule has 76 valence electrons. The van der Waals surface area contributed by atoms with Crippen LogP contribution in [-0.4, -0.2) is 22.2 Å². The fourth-order valence-electron chi connectivity index (χ4n) is 0.898. The second-order valence-electron chi connectivity index (χ2n) is 2.99. The summed E-state index contributed by atoms with van der Waals surface area (Å²) < 4.78 is 5.23. The fourth-order valence-corrected chi connectivity index (χ4v) is 1.10. The molecule has 0 amide bonds. The summed E-state index contributed by atoms with van der Waals surface area (Å²) in [6.07, 6.45) is -0.0670. The first-order chi connectivity index (χ1) is 6.49. The molecule has 0 fully saturated rings. The van der Waals surface area contributed by atoms with Crippen molar-refractivity contribution in [2.45, 2.75) is 20.0 Å². The summed E-state index contributed by atoms with van der Waals surface area (Å²) in [4.78, 5) is 14.5. The van der Waals surface area contributed by atoms with Crippen LogP contribution in [0.15, 0.2) is 12.1 Å². The summed E-state index contributed by atoms with van der Waals surface area (Å²) in [7, 11) is 0. The molecule has 1 heterocycles. The molecule has 0 bridgehead atoms. The maximum Gasteiger partial charge on any atom is 0.335 e. The van der Waals surface area contributed by atoms with Gasteiger partial charge in [-0.2, -0.15) is 0 Å². The molecule has 1 aromatic rings. The molecule has 0 unspecified atom stereocenters. The van der Waals surface area contributed by atoms with Crippen LogP contribution in [0.2, 0.25) is 5.15 Å². The van der Waals surface area contributed by atoms with E-state index in [1.165, 1.54) is 12.1 Å². The SMILES string of the molecule is CC(C)Oc1cc(C(=O)O)cc(Cl)n1. The first-order valence-electron chi connectivity index (χ1n) is 4.06. The van der Waals surface area contributed by atoms with Gasteiger partial charge in [0.05, 0.1) is 11.7 Å². The summed E-state index contributed by atoms with van der Waals surface area (Å²) in [5.74, 6) is -0.826. The molecule has 0 saturated heterocycles. The number of aromatic carboxylic acids is 1. The fraction of sp³-hybridized carbons (Fsp3) is 0.333. The summed E-state index contributed by atoms with van der Waals surface area (Å²) in [6.45, 7) is 3.64. The Morgan fingerprint density at radius 3 is 2.71 bits per heavy atom. The predicted molar refractivity (Wildman–Crippen MR) is 52.0 cm³/mol. The zero-order valence-corrected chi connectivity index (χ0v) is 8.58. The number of carbonyl (C=O) groups is 1. The molecule has 14 heavy (non-hydrogen) atoms. The van der Waals surface area contributed by atoms with Crippen LogP contribution < -0.4 is 4.74 Å². The molecular weight excluding hydrogens is 206 g/mol. The van der Waals surface area contributed by atoms with Gasteiger partial charge < -0.3 is 9.84 Å².